The van der Waals surface area contributed by atoms with Gasteiger partial charge in [0.1, 0.15) is 0 Å². The summed E-state index contributed by atoms with van der Waals surface area (Å²) in [5.74, 6) is 0. The average molecular weight is 230 g/mol. The van der Waals surface area contributed by atoms with Crippen molar-refractivity contribution in [1.82, 2.24) is 9.55 Å². The van der Waals surface area contributed by atoms with E-state index in [-0.39, 0.29) is 11.2 Å². The Morgan fingerprint density at radius 1 is 1.18 bits per heavy atom. The summed E-state index contributed by atoms with van der Waals surface area (Å²) in [4.78, 5) is 24.7. The van der Waals surface area contributed by atoms with Crippen LogP contribution in [0.15, 0.2) is 40.1 Å². The summed E-state index contributed by atoms with van der Waals surface area (Å²) >= 11 is 0. The van der Waals surface area contributed by atoms with Crippen molar-refractivity contribution in [2.45, 2.75) is 20.4 Å². The number of nitrogens with one attached hydrogen (secondary N) is 1. The average Bonchev–Trinajstić information content (AvgIpc) is 2.27. The number of aromatic amines is 1. The van der Waals surface area contributed by atoms with Gasteiger partial charge < -0.3 is 0 Å². The van der Waals surface area contributed by atoms with Gasteiger partial charge in [0.2, 0.25) is 0 Å². The van der Waals surface area contributed by atoms with Gasteiger partial charge in [-0.15, -0.1) is 0 Å². The zero-order valence-corrected chi connectivity index (χ0v) is 9.86. The molecule has 1 aromatic heterocycles. The second-order valence-electron chi connectivity index (χ2n) is 4.17. The fourth-order valence-corrected chi connectivity index (χ4v) is 1.72. The van der Waals surface area contributed by atoms with E-state index in [4.69, 9.17) is 0 Å². The van der Waals surface area contributed by atoms with Crippen LogP contribution in [0.2, 0.25) is 0 Å². The Kier molecular flexibility index (Phi) is 2.95. The molecule has 1 heterocycles. The lowest BCUT2D eigenvalue weighted by molar-refractivity contribution is 0.717. The van der Waals surface area contributed by atoms with Crippen LogP contribution < -0.4 is 11.2 Å². The van der Waals surface area contributed by atoms with Crippen molar-refractivity contribution >= 4 is 0 Å². The largest absolute Gasteiger partial charge is 0.328 e. The first-order chi connectivity index (χ1) is 8.06. The Labute approximate surface area is 98.6 Å². The molecular weight excluding hydrogens is 216 g/mol. The maximum Gasteiger partial charge on any atom is 0.328 e. The van der Waals surface area contributed by atoms with Gasteiger partial charge in [0, 0.05) is 12.3 Å². The molecule has 17 heavy (non-hydrogen) atoms. The third-order valence-electron chi connectivity index (χ3n) is 2.74. The smallest absolute Gasteiger partial charge is 0.296 e. The fourth-order valence-electron chi connectivity index (χ4n) is 1.72. The molecule has 0 saturated carbocycles. The molecule has 1 aromatic carbocycles. The minimum Gasteiger partial charge on any atom is -0.296 e. The number of nitrogens with zero attached hydrogens (tertiary/aromatic N) is 1. The molecule has 0 unspecified atom stereocenters. The lowest BCUT2D eigenvalue weighted by Gasteiger charge is -2.08. The van der Waals surface area contributed by atoms with E-state index in [1.54, 1.807) is 0 Å². The molecule has 0 aliphatic rings. The van der Waals surface area contributed by atoms with Crippen LogP contribution >= 0.6 is 0 Å². The van der Waals surface area contributed by atoms with Gasteiger partial charge in [-0.2, -0.15) is 0 Å². The molecule has 0 atom stereocenters. The van der Waals surface area contributed by atoms with E-state index < -0.39 is 0 Å². The molecule has 2 aromatic rings. The Morgan fingerprint density at radius 3 is 2.65 bits per heavy atom. The molecule has 4 heteroatoms. The minimum absolute atomic E-state index is 0.368. The predicted molar refractivity (Wildman–Crippen MR) is 66.3 cm³/mol. The molecule has 4 nitrogen and oxygen atoms in total. The maximum atomic E-state index is 11.5. The molecule has 0 spiro atoms. The summed E-state index contributed by atoms with van der Waals surface area (Å²) in [5, 5.41) is 0. The normalized spacial score (nSPS) is 10.5. The standard InChI is InChI=1S/C13H14N2O2/c1-9-3-4-10(2)11(7-9)8-15-6-5-12(16)14-13(15)17/h3-7H,8H2,1-2H3,(H,14,16,17). The van der Waals surface area contributed by atoms with Crippen LogP contribution in [-0.2, 0) is 6.54 Å². The summed E-state index contributed by atoms with van der Waals surface area (Å²) in [6.45, 7) is 4.49. The third kappa shape index (κ3) is 2.53. The van der Waals surface area contributed by atoms with E-state index in [2.05, 4.69) is 4.98 Å². The second-order valence-corrected chi connectivity index (χ2v) is 4.17. The highest BCUT2D eigenvalue weighted by atomic mass is 16.2. The minimum atomic E-state index is -0.376. The van der Waals surface area contributed by atoms with Gasteiger partial charge in [0.15, 0.2) is 0 Å². The van der Waals surface area contributed by atoms with Gasteiger partial charge >= 0.3 is 5.69 Å². The van der Waals surface area contributed by atoms with Crippen LogP contribution in [0.5, 0.6) is 0 Å². The van der Waals surface area contributed by atoms with E-state index in [0.717, 1.165) is 16.7 Å². The number of aryl methyl sites for hydroxylation is 2. The summed E-state index contributed by atoms with van der Waals surface area (Å²) in [6.07, 6.45) is 1.52. The van der Waals surface area contributed by atoms with E-state index in [1.165, 1.54) is 16.8 Å². The van der Waals surface area contributed by atoms with E-state index in [0.29, 0.717) is 6.54 Å². The van der Waals surface area contributed by atoms with Gasteiger partial charge in [-0.3, -0.25) is 14.3 Å². The predicted octanol–water partition coefficient (Wildman–Crippen LogP) is 1.20. The van der Waals surface area contributed by atoms with Crippen molar-refractivity contribution in [1.29, 1.82) is 0 Å². The quantitative estimate of drug-likeness (QED) is 0.842. The van der Waals surface area contributed by atoms with E-state index in [9.17, 15) is 9.59 Å². The van der Waals surface area contributed by atoms with Gasteiger partial charge in [-0.25, -0.2) is 4.79 Å². The van der Waals surface area contributed by atoms with Crippen LogP contribution in [-0.4, -0.2) is 9.55 Å². The Hall–Kier alpha value is -2.10. The highest BCUT2D eigenvalue weighted by molar-refractivity contribution is 5.30. The van der Waals surface area contributed by atoms with Crippen molar-refractivity contribution < 1.29 is 0 Å². The number of benzene rings is 1. The zero-order chi connectivity index (χ0) is 12.4. The molecule has 0 bridgehead atoms. The molecule has 0 radical (unpaired) electrons. The van der Waals surface area contributed by atoms with Gasteiger partial charge in [0.05, 0.1) is 6.54 Å². The van der Waals surface area contributed by atoms with Crippen LogP contribution in [0.25, 0.3) is 0 Å². The highest BCUT2D eigenvalue weighted by Gasteiger charge is 2.02. The lowest BCUT2D eigenvalue weighted by Crippen LogP contribution is -2.29. The summed E-state index contributed by atoms with van der Waals surface area (Å²) < 4.78 is 1.49. The number of H-pyrrole nitrogens is 1. The summed E-state index contributed by atoms with van der Waals surface area (Å²) in [6, 6.07) is 7.47. The Bertz CT molecular complexity index is 653. The van der Waals surface area contributed by atoms with Crippen molar-refractivity contribution in [3.63, 3.8) is 0 Å². The number of aromatic nitrogens is 2. The number of hydrogen-bond donors (Lipinski definition) is 1. The summed E-state index contributed by atoms with van der Waals surface area (Å²) in [7, 11) is 0. The van der Waals surface area contributed by atoms with Crippen LogP contribution in [0, 0.1) is 13.8 Å². The van der Waals surface area contributed by atoms with Crippen molar-refractivity contribution in [3.05, 3.63) is 68.0 Å². The molecule has 0 fully saturated rings. The molecule has 1 N–H and O–H groups in total. The maximum absolute atomic E-state index is 11.5. The number of rotatable bonds is 2. The summed E-state index contributed by atoms with van der Waals surface area (Å²) in [5.41, 5.74) is 2.63. The fraction of sp³-hybridized carbons (Fsp3) is 0.231. The van der Waals surface area contributed by atoms with Crippen molar-refractivity contribution in [3.8, 4) is 0 Å². The van der Waals surface area contributed by atoms with Gasteiger partial charge in [-0.05, 0) is 25.0 Å². The van der Waals surface area contributed by atoms with Gasteiger partial charge in [-0.1, -0.05) is 23.8 Å². The first kappa shape index (κ1) is 11.4. The second kappa shape index (κ2) is 4.41. The zero-order valence-electron chi connectivity index (χ0n) is 9.86. The molecule has 2 rings (SSSR count). The molecule has 0 saturated heterocycles. The topological polar surface area (TPSA) is 54.9 Å². The highest BCUT2D eigenvalue weighted by Crippen LogP contribution is 2.11. The van der Waals surface area contributed by atoms with Crippen LogP contribution in [0.3, 0.4) is 0 Å². The van der Waals surface area contributed by atoms with E-state index >= 15 is 0 Å². The Morgan fingerprint density at radius 2 is 1.94 bits per heavy atom. The van der Waals surface area contributed by atoms with Crippen LogP contribution in [0.1, 0.15) is 16.7 Å². The SMILES string of the molecule is Cc1ccc(C)c(Cn2ccc(=O)[nH]c2=O)c1. The first-order valence-corrected chi connectivity index (χ1v) is 5.42. The number of hydrogen-bond acceptors (Lipinski definition) is 2. The van der Waals surface area contributed by atoms with Crippen LogP contribution in [0.4, 0.5) is 0 Å². The van der Waals surface area contributed by atoms with Crippen molar-refractivity contribution in [2.24, 2.45) is 0 Å². The molecule has 88 valence electrons. The third-order valence-corrected chi connectivity index (χ3v) is 2.74. The first-order valence-electron chi connectivity index (χ1n) is 5.42. The van der Waals surface area contributed by atoms with Crippen molar-refractivity contribution in [2.75, 3.05) is 0 Å². The molecule has 0 aliphatic carbocycles. The monoisotopic (exact) mass is 230 g/mol. The molecular formula is C13H14N2O2. The molecule has 0 aliphatic heterocycles. The Balaban J connectivity index is 2.41. The molecule has 0 amide bonds. The lowest BCUT2D eigenvalue weighted by atomic mass is 10.1. The van der Waals surface area contributed by atoms with E-state index in [1.807, 2.05) is 32.0 Å². The van der Waals surface area contributed by atoms with Gasteiger partial charge in [0.25, 0.3) is 5.56 Å².